The molecule has 8 heteroatoms. The molecule has 0 saturated carbocycles. The summed E-state index contributed by atoms with van der Waals surface area (Å²) in [5.41, 5.74) is 0. The number of amides is 2. The quantitative estimate of drug-likeness (QED) is 0.758. The second kappa shape index (κ2) is 6.19. The Morgan fingerprint density at radius 1 is 1.53 bits per heavy atom. The summed E-state index contributed by atoms with van der Waals surface area (Å²) in [5.74, 6) is -1.05. The largest absolute Gasteiger partial charge is 0.480 e. The third kappa shape index (κ3) is 3.44. The molecular weight excluding hydrogens is 252 g/mol. The van der Waals surface area contributed by atoms with E-state index in [1.54, 1.807) is 23.1 Å². The summed E-state index contributed by atoms with van der Waals surface area (Å²) >= 11 is 0. The van der Waals surface area contributed by atoms with Gasteiger partial charge >= 0.3 is 12.0 Å². The standard InChI is InChI=1S/C11H16N4O4/c16-10(17)9-8-19-7-6-15(9)11(18)12-3-5-14-4-1-2-13-14/h1-2,4,9H,3,5-8H2,(H,12,18)(H,16,17). The summed E-state index contributed by atoms with van der Waals surface area (Å²) < 4.78 is 6.76. The zero-order valence-electron chi connectivity index (χ0n) is 10.4. The van der Waals surface area contributed by atoms with Crippen LogP contribution in [-0.2, 0) is 16.1 Å². The van der Waals surface area contributed by atoms with Crippen molar-refractivity contribution in [1.29, 1.82) is 0 Å². The van der Waals surface area contributed by atoms with Crippen LogP contribution < -0.4 is 5.32 Å². The molecule has 1 fully saturated rings. The first-order chi connectivity index (χ1) is 9.18. The normalized spacial score (nSPS) is 19.2. The van der Waals surface area contributed by atoms with Crippen molar-refractivity contribution in [3.05, 3.63) is 18.5 Å². The van der Waals surface area contributed by atoms with Gasteiger partial charge in [0.2, 0.25) is 0 Å². The summed E-state index contributed by atoms with van der Waals surface area (Å²) in [4.78, 5) is 24.2. The lowest BCUT2D eigenvalue weighted by molar-refractivity contribution is -0.147. The van der Waals surface area contributed by atoms with Crippen LogP contribution in [-0.4, -0.2) is 64.1 Å². The minimum Gasteiger partial charge on any atom is -0.480 e. The molecule has 1 aliphatic rings. The summed E-state index contributed by atoms with van der Waals surface area (Å²) in [6.07, 6.45) is 3.45. The molecule has 1 aromatic rings. The topological polar surface area (TPSA) is 96.7 Å². The second-order valence-corrected chi connectivity index (χ2v) is 4.12. The molecule has 0 aliphatic carbocycles. The number of aromatic nitrogens is 2. The van der Waals surface area contributed by atoms with Gasteiger partial charge in [-0.25, -0.2) is 9.59 Å². The summed E-state index contributed by atoms with van der Waals surface area (Å²) in [6, 6.07) is 0.492. The van der Waals surface area contributed by atoms with E-state index in [0.717, 1.165) is 0 Å². The molecule has 0 spiro atoms. The van der Waals surface area contributed by atoms with E-state index in [1.807, 2.05) is 0 Å². The SMILES string of the molecule is O=C(O)C1COCCN1C(=O)NCCn1cccn1. The molecule has 2 amide bonds. The van der Waals surface area contributed by atoms with Crippen molar-refractivity contribution in [3.63, 3.8) is 0 Å². The number of carbonyl (C=O) groups excluding carboxylic acids is 1. The van der Waals surface area contributed by atoms with Gasteiger partial charge in [0.25, 0.3) is 0 Å². The first-order valence-electron chi connectivity index (χ1n) is 6.01. The van der Waals surface area contributed by atoms with Crippen LogP contribution in [0.5, 0.6) is 0 Å². The van der Waals surface area contributed by atoms with Crippen molar-refractivity contribution in [2.45, 2.75) is 12.6 Å². The fourth-order valence-electron chi connectivity index (χ4n) is 1.86. The number of carboxylic acid groups (broad SMARTS) is 1. The first-order valence-corrected chi connectivity index (χ1v) is 6.01. The van der Waals surface area contributed by atoms with Gasteiger partial charge in [0.1, 0.15) is 0 Å². The van der Waals surface area contributed by atoms with Gasteiger partial charge in [-0.3, -0.25) is 4.68 Å². The lowest BCUT2D eigenvalue weighted by atomic mass is 10.2. The van der Waals surface area contributed by atoms with Crippen LogP contribution in [0.2, 0.25) is 0 Å². The van der Waals surface area contributed by atoms with Gasteiger partial charge in [0.05, 0.1) is 19.8 Å². The summed E-state index contributed by atoms with van der Waals surface area (Å²) in [6.45, 7) is 1.61. The fraction of sp³-hybridized carbons (Fsp3) is 0.545. The van der Waals surface area contributed by atoms with Crippen molar-refractivity contribution in [2.24, 2.45) is 0 Å². The van der Waals surface area contributed by atoms with Gasteiger partial charge in [-0.2, -0.15) is 5.10 Å². The average molecular weight is 268 g/mol. The molecule has 2 rings (SSSR count). The van der Waals surface area contributed by atoms with E-state index in [4.69, 9.17) is 9.84 Å². The third-order valence-electron chi connectivity index (χ3n) is 2.85. The maximum Gasteiger partial charge on any atom is 0.328 e. The second-order valence-electron chi connectivity index (χ2n) is 4.12. The number of ether oxygens (including phenoxy) is 1. The molecule has 1 saturated heterocycles. The van der Waals surface area contributed by atoms with Gasteiger partial charge in [-0.05, 0) is 6.07 Å². The van der Waals surface area contributed by atoms with E-state index in [9.17, 15) is 9.59 Å². The number of morpholine rings is 1. The lowest BCUT2D eigenvalue weighted by Gasteiger charge is -2.32. The smallest absolute Gasteiger partial charge is 0.328 e. The maximum absolute atomic E-state index is 11.9. The fourth-order valence-corrected chi connectivity index (χ4v) is 1.86. The molecule has 0 radical (unpaired) electrons. The zero-order chi connectivity index (χ0) is 13.7. The molecule has 1 unspecified atom stereocenters. The Labute approximate surface area is 109 Å². The predicted octanol–water partition coefficient (Wildman–Crippen LogP) is -0.622. The van der Waals surface area contributed by atoms with E-state index < -0.39 is 12.0 Å². The number of aliphatic carboxylic acids is 1. The van der Waals surface area contributed by atoms with E-state index in [-0.39, 0.29) is 19.2 Å². The molecular formula is C11H16N4O4. The molecule has 2 N–H and O–H groups in total. The Hall–Kier alpha value is -2.09. The Morgan fingerprint density at radius 3 is 3.05 bits per heavy atom. The number of urea groups is 1. The molecule has 1 atom stereocenters. The van der Waals surface area contributed by atoms with Crippen molar-refractivity contribution >= 4 is 12.0 Å². The summed E-state index contributed by atoms with van der Waals surface area (Å²) in [5, 5.41) is 15.7. The molecule has 0 bridgehead atoms. The van der Waals surface area contributed by atoms with Crippen LogP contribution in [0.1, 0.15) is 0 Å². The zero-order valence-corrected chi connectivity index (χ0v) is 10.4. The number of hydrogen-bond acceptors (Lipinski definition) is 4. The van der Waals surface area contributed by atoms with Gasteiger partial charge < -0.3 is 20.1 Å². The highest BCUT2D eigenvalue weighted by atomic mass is 16.5. The number of hydrogen-bond donors (Lipinski definition) is 2. The Bertz CT molecular complexity index is 434. The molecule has 1 aromatic heterocycles. The maximum atomic E-state index is 11.9. The van der Waals surface area contributed by atoms with Gasteiger partial charge in [0.15, 0.2) is 6.04 Å². The monoisotopic (exact) mass is 268 g/mol. The van der Waals surface area contributed by atoms with Crippen molar-refractivity contribution < 1.29 is 19.4 Å². The number of carbonyl (C=O) groups is 2. The van der Waals surface area contributed by atoms with Crippen molar-refractivity contribution in [1.82, 2.24) is 20.0 Å². The van der Waals surface area contributed by atoms with Gasteiger partial charge in [-0.1, -0.05) is 0 Å². The molecule has 8 nitrogen and oxygen atoms in total. The highest BCUT2D eigenvalue weighted by Gasteiger charge is 2.32. The molecule has 104 valence electrons. The van der Waals surface area contributed by atoms with Crippen LogP contribution >= 0.6 is 0 Å². The van der Waals surface area contributed by atoms with E-state index >= 15 is 0 Å². The summed E-state index contributed by atoms with van der Waals surface area (Å²) in [7, 11) is 0. The average Bonchev–Trinajstić information content (AvgIpc) is 2.91. The Morgan fingerprint density at radius 2 is 2.37 bits per heavy atom. The predicted molar refractivity (Wildman–Crippen MR) is 64.6 cm³/mol. The highest BCUT2D eigenvalue weighted by molar-refractivity contribution is 5.82. The van der Waals surface area contributed by atoms with Gasteiger partial charge in [-0.15, -0.1) is 0 Å². The third-order valence-corrected chi connectivity index (χ3v) is 2.85. The molecule has 2 heterocycles. The van der Waals surface area contributed by atoms with Crippen LogP contribution in [0.3, 0.4) is 0 Å². The van der Waals surface area contributed by atoms with Gasteiger partial charge in [0, 0.05) is 25.5 Å². The minimum atomic E-state index is -1.05. The van der Waals surface area contributed by atoms with Crippen LogP contribution in [0.4, 0.5) is 4.79 Å². The van der Waals surface area contributed by atoms with Crippen LogP contribution in [0.15, 0.2) is 18.5 Å². The van der Waals surface area contributed by atoms with Crippen LogP contribution in [0.25, 0.3) is 0 Å². The number of nitrogens with one attached hydrogen (secondary N) is 1. The molecule has 1 aliphatic heterocycles. The Kier molecular flexibility index (Phi) is 4.35. The van der Waals surface area contributed by atoms with Crippen LogP contribution in [0, 0.1) is 0 Å². The first kappa shape index (κ1) is 13.3. The van der Waals surface area contributed by atoms with E-state index in [2.05, 4.69) is 10.4 Å². The number of rotatable bonds is 4. The highest BCUT2D eigenvalue weighted by Crippen LogP contribution is 2.07. The molecule has 0 aromatic carbocycles. The number of carboxylic acids is 1. The number of nitrogens with zero attached hydrogens (tertiary/aromatic N) is 3. The van der Waals surface area contributed by atoms with Crippen molar-refractivity contribution in [3.8, 4) is 0 Å². The van der Waals surface area contributed by atoms with Crippen molar-refractivity contribution in [2.75, 3.05) is 26.3 Å². The van der Waals surface area contributed by atoms with E-state index in [1.165, 1.54) is 4.90 Å². The lowest BCUT2D eigenvalue weighted by Crippen LogP contribution is -2.55. The molecule has 19 heavy (non-hydrogen) atoms. The van der Waals surface area contributed by atoms with E-state index in [0.29, 0.717) is 19.7 Å². The minimum absolute atomic E-state index is 0.0297. The Balaban J connectivity index is 1.82.